The van der Waals surface area contributed by atoms with Gasteiger partial charge in [-0.1, -0.05) is 0 Å². The van der Waals surface area contributed by atoms with Gasteiger partial charge < -0.3 is 26.5 Å². The molecule has 1 aromatic heterocycles. The standard InChI is InChI=1S/C23H22N6O3/c24-13-14-3-7-16(8-4-14)32-17-9-5-15(6-10-17)23-27-18(21(25)30)12-20(28-23)29-11-1-2-19(29)22(26)31/h3-10,12-13,19,24H,1-2,11H2,(H2,25,30)(H2,26,31)/t19-/m0/s1. The van der Waals surface area contributed by atoms with Crippen molar-refractivity contribution in [1.29, 1.82) is 5.41 Å². The van der Waals surface area contributed by atoms with E-state index in [1.165, 1.54) is 12.3 Å². The van der Waals surface area contributed by atoms with Crippen molar-refractivity contribution in [2.45, 2.75) is 18.9 Å². The molecule has 0 radical (unpaired) electrons. The van der Waals surface area contributed by atoms with Gasteiger partial charge in [-0.2, -0.15) is 0 Å². The number of amides is 2. The fourth-order valence-electron chi connectivity index (χ4n) is 3.61. The zero-order valence-corrected chi connectivity index (χ0v) is 17.2. The maximum absolute atomic E-state index is 11.9. The fourth-order valence-corrected chi connectivity index (χ4v) is 3.61. The maximum Gasteiger partial charge on any atom is 0.267 e. The molecule has 2 aromatic carbocycles. The van der Waals surface area contributed by atoms with E-state index < -0.39 is 17.9 Å². The molecular weight excluding hydrogens is 408 g/mol. The zero-order chi connectivity index (χ0) is 22.7. The number of rotatable bonds is 7. The van der Waals surface area contributed by atoms with Crippen LogP contribution in [0.15, 0.2) is 54.6 Å². The van der Waals surface area contributed by atoms with Crippen molar-refractivity contribution in [2.24, 2.45) is 11.5 Å². The lowest BCUT2D eigenvalue weighted by molar-refractivity contribution is -0.119. The van der Waals surface area contributed by atoms with Crippen LogP contribution in [0.4, 0.5) is 5.82 Å². The van der Waals surface area contributed by atoms with E-state index in [0.717, 1.165) is 12.0 Å². The lowest BCUT2D eigenvalue weighted by Crippen LogP contribution is -2.41. The zero-order valence-electron chi connectivity index (χ0n) is 17.2. The Morgan fingerprint density at radius 3 is 2.28 bits per heavy atom. The van der Waals surface area contributed by atoms with Gasteiger partial charge in [0.05, 0.1) is 0 Å². The fraction of sp³-hybridized carbons (Fsp3) is 0.174. The molecule has 162 valence electrons. The van der Waals surface area contributed by atoms with Gasteiger partial charge in [-0.25, -0.2) is 9.97 Å². The summed E-state index contributed by atoms with van der Waals surface area (Å²) in [5.74, 6) is 0.890. The summed E-state index contributed by atoms with van der Waals surface area (Å²) >= 11 is 0. The molecule has 0 spiro atoms. The summed E-state index contributed by atoms with van der Waals surface area (Å²) in [5.41, 5.74) is 12.5. The van der Waals surface area contributed by atoms with Gasteiger partial charge in [0.1, 0.15) is 29.1 Å². The SMILES string of the molecule is N=Cc1ccc(Oc2ccc(-c3nc(C(N)=O)cc(N4CCC[C@H]4C(N)=O)n3)cc2)cc1. The number of nitrogens with zero attached hydrogens (tertiary/aromatic N) is 3. The number of carbonyl (C=O) groups is 2. The first-order valence-corrected chi connectivity index (χ1v) is 10.1. The lowest BCUT2D eigenvalue weighted by atomic mass is 10.2. The van der Waals surface area contributed by atoms with Crippen LogP contribution in [-0.4, -0.2) is 40.6 Å². The van der Waals surface area contributed by atoms with Crippen LogP contribution in [0.1, 0.15) is 28.9 Å². The molecule has 0 saturated carbocycles. The minimum atomic E-state index is -0.682. The van der Waals surface area contributed by atoms with Crippen LogP contribution in [0.2, 0.25) is 0 Å². The molecule has 0 bridgehead atoms. The van der Waals surface area contributed by atoms with Gasteiger partial charge in [-0.3, -0.25) is 9.59 Å². The first-order chi connectivity index (χ1) is 15.4. The second-order valence-corrected chi connectivity index (χ2v) is 7.39. The molecule has 1 atom stereocenters. The third-order valence-electron chi connectivity index (χ3n) is 5.24. The van der Waals surface area contributed by atoms with Crippen LogP contribution < -0.4 is 21.1 Å². The average molecular weight is 430 g/mol. The third-order valence-corrected chi connectivity index (χ3v) is 5.24. The molecule has 2 amide bonds. The molecule has 1 fully saturated rings. The van der Waals surface area contributed by atoms with Crippen LogP contribution in [-0.2, 0) is 4.79 Å². The average Bonchev–Trinajstić information content (AvgIpc) is 3.30. The predicted molar refractivity (Wildman–Crippen MR) is 120 cm³/mol. The number of hydrogen-bond donors (Lipinski definition) is 3. The van der Waals surface area contributed by atoms with E-state index in [4.69, 9.17) is 21.6 Å². The van der Waals surface area contributed by atoms with Crippen molar-refractivity contribution in [3.05, 3.63) is 65.9 Å². The normalized spacial score (nSPS) is 15.4. The molecule has 1 aliphatic rings. The Morgan fingerprint density at radius 2 is 1.69 bits per heavy atom. The Bertz CT molecular complexity index is 1160. The highest BCUT2D eigenvalue weighted by atomic mass is 16.5. The minimum absolute atomic E-state index is 0.0618. The molecule has 1 aliphatic heterocycles. The highest BCUT2D eigenvalue weighted by Crippen LogP contribution is 2.28. The lowest BCUT2D eigenvalue weighted by Gasteiger charge is -2.23. The van der Waals surface area contributed by atoms with Gasteiger partial charge in [0.2, 0.25) is 5.91 Å². The molecule has 5 N–H and O–H groups in total. The molecule has 1 saturated heterocycles. The molecule has 2 heterocycles. The van der Waals surface area contributed by atoms with E-state index >= 15 is 0 Å². The van der Waals surface area contributed by atoms with E-state index in [0.29, 0.717) is 41.7 Å². The van der Waals surface area contributed by atoms with Crippen molar-refractivity contribution in [3.8, 4) is 22.9 Å². The smallest absolute Gasteiger partial charge is 0.267 e. The Labute approximate surface area is 184 Å². The highest BCUT2D eigenvalue weighted by Gasteiger charge is 2.31. The summed E-state index contributed by atoms with van der Waals surface area (Å²) in [7, 11) is 0. The number of anilines is 1. The van der Waals surface area contributed by atoms with E-state index in [2.05, 4.69) is 9.97 Å². The summed E-state index contributed by atoms with van der Waals surface area (Å²) in [6.07, 6.45) is 2.69. The molecule has 0 unspecified atom stereocenters. The first kappa shape index (κ1) is 21.0. The Morgan fingerprint density at radius 1 is 1.03 bits per heavy atom. The van der Waals surface area contributed by atoms with E-state index in [-0.39, 0.29) is 5.69 Å². The van der Waals surface area contributed by atoms with Crippen LogP contribution in [0.25, 0.3) is 11.4 Å². The summed E-state index contributed by atoms with van der Waals surface area (Å²) < 4.78 is 5.83. The summed E-state index contributed by atoms with van der Waals surface area (Å²) in [5, 5.41) is 7.25. The van der Waals surface area contributed by atoms with Gasteiger partial charge in [-0.15, -0.1) is 0 Å². The summed E-state index contributed by atoms with van der Waals surface area (Å²) in [6, 6.07) is 15.2. The van der Waals surface area contributed by atoms with Crippen molar-refractivity contribution in [1.82, 2.24) is 9.97 Å². The van der Waals surface area contributed by atoms with Crippen LogP contribution in [0.5, 0.6) is 11.5 Å². The van der Waals surface area contributed by atoms with Gasteiger partial charge in [0.15, 0.2) is 5.82 Å². The molecule has 32 heavy (non-hydrogen) atoms. The van der Waals surface area contributed by atoms with Crippen LogP contribution in [0.3, 0.4) is 0 Å². The first-order valence-electron chi connectivity index (χ1n) is 10.1. The second-order valence-electron chi connectivity index (χ2n) is 7.39. The summed E-state index contributed by atoms with van der Waals surface area (Å²) in [6.45, 7) is 0.603. The largest absolute Gasteiger partial charge is 0.457 e. The topological polar surface area (TPSA) is 148 Å². The molecular formula is C23H22N6O3. The number of carbonyl (C=O) groups excluding carboxylic acids is 2. The van der Waals surface area contributed by atoms with Gasteiger partial charge in [0, 0.05) is 24.4 Å². The number of aromatic nitrogens is 2. The van der Waals surface area contributed by atoms with Gasteiger partial charge in [0.25, 0.3) is 5.91 Å². The van der Waals surface area contributed by atoms with Crippen LogP contribution in [0, 0.1) is 5.41 Å². The number of benzene rings is 2. The van der Waals surface area contributed by atoms with Gasteiger partial charge in [-0.05, 0) is 66.9 Å². The third kappa shape index (κ3) is 4.41. The number of ether oxygens (including phenoxy) is 1. The number of nitrogens with one attached hydrogen (secondary N) is 1. The minimum Gasteiger partial charge on any atom is -0.457 e. The number of primary amides is 2. The van der Waals surface area contributed by atoms with Crippen molar-refractivity contribution < 1.29 is 14.3 Å². The monoisotopic (exact) mass is 430 g/mol. The Kier molecular flexibility index (Phi) is 5.80. The molecule has 3 aromatic rings. The highest BCUT2D eigenvalue weighted by molar-refractivity contribution is 5.92. The number of hydrogen-bond acceptors (Lipinski definition) is 7. The molecule has 9 nitrogen and oxygen atoms in total. The van der Waals surface area contributed by atoms with Crippen molar-refractivity contribution in [2.75, 3.05) is 11.4 Å². The van der Waals surface area contributed by atoms with E-state index in [1.54, 1.807) is 53.4 Å². The van der Waals surface area contributed by atoms with E-state index in [1.807, 2.05) is 0 Å². The number of nitrogens with two attached hydrogens (primary N) is 2. The predicted octanol–water partition coefficient (Wildman–Crippen LogP) is 2.49. The van der Waals surface area contributed by atoms with Crippen LogP contribution >= 0.6 is 0 Å². The van der Waals surface area contributed by atoms with Crippen molar-refractivity contribution in [3.63, 3.8) is 0 Å². The second kappa shape index (κ2) is 8.84. The van der Waals surface area contributed by atoms with Gasteiger partial charge >= 0.3 is 0 Å². The quantitative estimate of drug-likeness (QED) is 0.490. The Hall–Kier alpha value is -4.27. The van der Waals surface area contributed by atoms with Crippen molar-refractivity contribution >= 4 is 23.8 Å². The molecule has 4 rings (SSSR count). The van der Waals surface area contributed by atoms with E-state index in [9.17, 15) is 9.59 Å². The Balaban J connectivity index is 1.62. The summed E-state index contributed by atoms with van der Waals surface area (Å²) in [4.78, 5) is 34.3. The molecule has 9 heteroatoms. The molecule has 0 aliphatic carbocycles. The maximum atomic E-state index is 11.9.